The molecule has 192 valence electrons. The van der Waals surface area contributed by atoms with Gasteiger partial charge in [0.1, 0.15) is 5.41 Å². The summed E-state index contributed by atoms with van der Waals surface area (Å²) in [6, 6.07) is 8.96. The van der Waals surface area contributed by atoms with Crippen molar-refractivity contribution in [2.45, 2.75) is 6.42 Å². The molecule has 10 heteroatoms. The first-order valence-electron chi connectivity index (χ1n) is 10.7. The number of carbonyl (C=O) groups is 3. The van der Waals surface area contributed by atoms with E-state index in [4.69, 9.17) is 14.2 Å². The van der Waals surface area contributed by atoms with Crippen molar-refractivity contribution in [3.8, 4) is 23.0 Å². The van der Waals surface area contributed by atoms with Gasteiger partial charge in [-0.25, -0.2) is 0 Å². The maximum Gasteiger partial charge on any atom is 0.324 e. The Balaban J connectivity index is 2.03. The van der Waals surface area contributed by atoms with Gasteiger partial charge in [-0.2, -0.15) is 0 Å². The molecule has 0 radical (unpaired) electrons. The van der Waals surface area contributed by atoms with E-state index < -0.39 is 42.8 Å². The van der Waals surface area contributed by atoms with E-state index >= 15 is 0 Å². The third-order valence-corrected chi connectivity index (χ3v) is 5.21. The predicted octanol–water partition coefficient (Wildman–Crippen LogP) is 1.53. The molecule has 0 aromatic heterocycles. The van der Waals surface area contributed by atoms with Crippen LogP contribution in [0.15, 0.2) is 48.6 Å². The normalized spacial score (nSPS) is 11.6. The second kappa shape index (κ2) is 13.2. The average Bonchev–Trinajstić information content (AvgIpc) is 2.88. The van der Waals surface area contributed by atoms with Crippen molar-refractivity contribution in [1.29, 1.82) is 0 Å². The van der Waals surface area contributed by atoms with E-state index in [2.05, 4.69) is 0 Å². The molecule has 2 aromatic rings. The van der Waals surface area contributed by atoms with E-state index in [0.29, 0.717) is 11.1 Å². The Hall–Kier alpha value is -3.99. The summed E-state index contributed by atoms with van der Waals surface area (Å²) in [5.41, 5.74) is -0.745. The number of aliphatic hydroxyl groups is 3. The van der Waals surface area contributed by atoms with E-state index in [1.165, 1.54) is 62.8 Å². The molecule has 0 bridgehead atoms. The first-order chi connectivity index (χ1) is 17.2. The molecule has 4 N–H and O–H groups in total. The number of rotatable bonds is 13. The lowest BCUT2D eigenvalue weighted by molar-refractivity contribution is -0.155. The second-order valence-electron chi connectivity index (χ2n) is 7.76. The maximum absolute atomic E-state index is 12.3. The van der Waals surface area contributed by atoms with Crippen LogP contribution in [0.5, 0.6) is 23.0 Å². The van der Waals surface area contributed by atoms with E-state index in [1.807, 2.05) is 0 Å². The van der Waals surface area contributed by atoms with Crippen molar-refractivity contribution < 1.29 is 49.0 Å². The lowest BCUT2D eigenvalue weighted by atomic mass is 9.91. The number of methoxy groups -OCH3 is 2. The molecule has 36 heavy (non-hydrogen) atoms. The molecule has 2 aromatic carbocycles. The minimum Gasteiger partial charge on any atom is -0.504 e. The highest BCUT2D eigenvalue weighted by Gasteiger charge is 2.39. The zero-order chi connectivity index (χ0) is 26.7. The van der Waals surface area contributed by atoms with Gasteiger partial charge in [0.15, 0.2) is 34.6 Å². The molecule has 0 aliphatic heterocycles. The number of esters is 1. The number of hydrogen-bond acceptors (Lipinski definition) is 10. The largest absolute Gasteiger partial charge is 0.504 e. The quantitative estimate of drug-likeness (QED) is 0.137. The van der Waals surface area contributed by atoms with E-state index in [-0.39, 0.29) is 29.4 Å². The Labute approximate surface area is 207 Å². The summed E-state index contributed by atoms with van der Waals surface area (Å²) in [4.78, 5) is 36.6. The van der Waals surface area contributed by atoms with Crippen LogP contribution in [0.4, 0.5) is 0 Å². The molecule has 0 saturated carbocycles. The third kappa shape index (κ3) is 7.25. The highest BCUT2D eigenvalue weighted by Crippen LogP contribution is 2.31. The van der Waals surface area contributed by atoms with Crippen molar-refractivity contribution in [3.05, 3.63) is 59.7 Å². The van der Waals surface area contributed by atoms with Crippen LogP contribution in [0, 0.1) is 5.41 Å². The number of phenolic OH excluding ortho intramolecular Hbond substituents is 1. The number of allylic oxidation sites excluding steroid dienone is 2. The van der Waals surface area contributed by atoms with Crippen LogP contribution in [0.25, 0.3) is 12.2 Å². The molecule has 0 fully saturated rings. The van der Waals surface area contributed by atoms with E-state index in [0.717, 1.165) is 0 Å². The third-order valence-electron chi connectivity index (χ3n) is 5.21. The van der Waals surface area contributed by atoms with Crippen molar-refractivity contribution in [2.24, 2.45) is 5.41 Å². The lowest BCUT2D eigenvalue weighted by Gasteiger charge is -2.25. The minimum atomic E-state index is -1.87. The summed E-state index contributed by atoms with van der Waals surface area (Å²) in [6.07, 6.45) is 5.09. The fraction of sp³-hybridized carbons (Fsp3) is 0.269. The highest BCUT2D eigenvalue weighted by molar-refractivity contribution is 6.10. The van der Waals surface area contributed by atoms with Crippen molar-refractivity contribution in [3.63, 3.8) is 0 Å². The molecule has 10 nitrogen and oxygen atoms in total. The zero-order valence-corrected chi connectivity index (χ0v) is 19.8. The summed E-state index contributed by atoms with van der Waals surface area (Å²) in [5, 5.41) is 37.7. The summed E-state index contributed by atoms with van der Waals surface area (Å²) in [5.74, 6) is -1.56. The number of ketones is 2. The van der Waals surface area contributed by atoms with Gasteiger partial charge in [0.2, 0.25) is 0 Å². The summed E-state index contributed by atoms with van der Waals surface area (Å²) in [7, 11) is 2.74. The molecule has 0 heterocycles. The van der Waals surface area contributed by atoms with Crippen LogP contribution in [0.2, 0.25) is 0 Å². The topological polar surface area (TPSA) is 160 Å². The summed E-state index contributed by atoms with van der Waals surface area (Å²) >= 11 is 0. The van der Waals surface area contributed by atoms with Gasteiger partial charge in [0, 0.05) is 0 Å². The molecular formula is C26H28O10. The molecule has 0 spiro atoms. The van der Waals surface area contributed by atoms with Gasteiger partial charge in [-0.3, -0.25) is 14.4 Å². The first kappa shape index (κ1) is 28.2. The number of carbonyl (C=O) groups excluding carboxylic acids is 3. The molecule has 0 atom stereocenters. The van der Waals surface area contributed by atoms with Crippen LogP contribution >= 0.6 is 0 Å². The number of hydrogen-bond donors (Lipinski definition) is 4. The summed E-state index contributed by atoms with van der Waals surface area (Å²) in [6.45, 7) is -2.45. The van der Waals surface area contributed by atoms with Crippen molar-refractivity contribution in [1.82, 2.24) is 0 Å². The van der Waals surface area contributed by atoms with Gasteiger partial charge in [0.05, 0.1) is 40.5 Å². The van der Waals surface area contributed by atoms with Gasteiger partial charge in [-0.15, -0.1) is 0 Å². The average molecular weight is 501 g/mol. The van der Waals surface area contributed by atoms with Gasteiger partial charge in [-0.05, 0) is 47.5 Å². The van der Waals surface area contributed by atoms with Crippen molar-refractivity contribution >= 4 is 29.7 Å². The Bertz CT molecular complexity index is 1140. The molecule has 0 aliphatic carbocycles. The molecule has 0 saturated heterocycles. The fourth-order valence-corrected chi connectivity index (χ4v) is 2.89. The second-order valence-corrected chi connectivity index (χ2v) is 7.76. The van der Waals surface area contributed by atoms with Gasteiger partial charge < -0.3 is 34.6 Å². The maximum atomic E-state index is 12.3. The smallest absolute Gasteiger partial charge is 0.324 e. The SMILES string of the molecule is COc1cc(/C=C/C(=O)CC(=O)/C=C/c2ccc(OC(=O)C(CO)(CO)CO)c(OC)c2)ccc1O. The highest BCUT2D eigenvalue weighted by atomic mass is 16.6. The van der Waals surface area contributed by atoms with Crippen molar-refractivity contribution in [2.75, 3.05) is 34.0 Å². The van der Waals surface area contributed by atoms with Gasteiger partial charge in [-0.1, -0.05) is 24.3 Å². The monoisotopic (exact) mass is 500 g/mol. The molecule has 0 aliphatic rings. The Morgan fingerprint density at radius 2 is 1.28 bits per heavy atom. The van der Waals surface area contributed by atoms with Crippen LogP contribution in [0.3, 0.4) is 0 Å². The molecule has 2 rings (SSSR count). The number of aromatic hydroxyl groups is 1. The zero-order valence-electron chi connectivity index (χ0n) is 19.8. The van der Waals surface area contributed by atoms with E-state index in [1.54, 1.807) is 12.1 Å². The Morgan fingerprint density at radius 3 is 1.78 bits per heavy atom. The van der Waals surface area contributed by atoms with Gasteiger partial charge in [0.25, 0.3) is 0 Å². The van der Waals surface area contributed by atoms with E-state index in [9.17, 15) is 34.8 Å². The van der Waals surface area contributed by atoms with Crippen LogP contribution < -0.4 is 14.2 Å². The van der Waals surface area contributed by atoms with Crippen LogP contribution in [-0.4, -0.2) is 72.0 Å². The lowest BCUT2D eigenvalue weighted by Crippen LogP contribution is -2.44. The molecule has 0 unspecified atom stereocenters. The number of ether oxygens (including phenoxy) is 3. The number of phenols is 1. The number of aliphatic hydroxyl groups excluding tert-OH is 3. The molecular weight excluding hydrogens is 472 g/mol. The van der Waals surface area contributed by atoms with Crippen LogP contribution in [0.1, 0.15) is 17.5 Å². The first-order valence-corrected chi connectivity index (χ1v) is 10.7. The Kier molecular flexibility index (Phi) is 10.4. The summed E-state index contributed by atoms with van der Waals surface area (Å²) < 4.78 is 15.4. The standard InChI is InChI=1S/C26H28O10/c1-34-23-11-17(5-9-21(23)32)3-7-19(30)13-20(31)8-4-18-6-10-22(24(12-18)35-2)36-25(33)26(14-27,15-28)16-29/h3-12,27-29,32H,13-16H2,1-2H3/b7-3+,8-4+. The number of benzene rings is 2. The molecule has 0 amide bonds. The fourth-order valence-electron chi connectivity index (χ4n) is 2.89. The predicted molar refractivity (Wildman–Crippen MR) is 130 cm³/mol. The Morgan fingerprint density at radius 1 is 0.778 bits per heavy atom. The van der Waals surface area contributed by atoms with Crippen LogP contribution in [-0.2, 0) is 14.4 Å². The van der Waals surface area contributed by atoms with Gasteiger partial charge >= 0.3 is 5.97 Å². The minimum absolute atomic E-state index is 0.0168.